The molecule has 3 heteroatoms. The van der Waals surface area contributed by atoms with E-state index in [1.54, 1.807) is 0 Å². The summed E-state index contributed by atoms with van der Waals surface area (Å²) < 4.78 is 2.28. The summed E-state index contributed by atoms with van der Waals surface area (Å²) in [6.07, 6.45) is 7.21. The maximum atomic E-state index is 6.39. The molecule has 0 aliphatic rings. The lowest BCUT2D eigenvalue weighted by Gasteiger charge is -2.10. The Labute approximate surface area is 147 Å². The van der Waals surface area contributed by atoms with Gasteiger partial charge in [-0.2, -0.15) is 0 Å². The lowest BCUT2D eigenvalue weighted by Crippen LogP contribution is -2.00. The first-order valence-electron chi connectivity index (χ1n) is 8.59. The number of nitrogens with one attached hydrogen (secondary N) is 1. The Hall–Kier alpha value is -3.20. The molecular formula is C22H21N3. The molecule has 0 spiro atoms. The van der Waals surface area contributed by atoms with Gasteiger partial charge in [0.25, 0.3) is 0 Å². The van der Waals surface area contributed by atoms with Gasteiger partial charge in [0.05, 0.1) is 16.6 Å². The van der Waals surface area contributed by atoms with E-state index < -0.39 is 0 Å². The Bertz CT molecular complexity index is 1080. The second-order valence-electron chi connectivity index (χ2n) is 6.09. The number of fused-ring (bicyclic) bond motifs is 3. The average molecular weight is 327 g/mol. The van der Waals surface area contributed by atoms with Gasteiger partial charge >= 0.3 is 0 Å². The zero-order valence-corrected chi connectivity index (χ0v) is 14.2. The van der Waals surface area contributed by atoms with Crippen LogP contribution in [0.25, 0.3) is 33.3 Å². The van der Waals surface area contributed by atoms with Crippen LogP contribution in [-0.4, -0.2) is 9.55 Å². The average Bonchev–Trinajstić information content (AvgIpc) is 3.23. The summed E-state index contributed by atoms with van der Waals surface area (Å²) in [4.78, 5) is 3.36. The molecule has 25 heavy (non-hydrogen) atoms. The quantitative estimate of drug-likeness (QED) is 0.486. The third kappa shape index (κ3) is 2.64. The minimum absolute atomic E-state index is 0.766. The van der Waals surface area contributed by atoms with Crippen molar-refractivity contribution in [2.45, 2.75) is 13.3 Å². The van der Waals surface area contributed by atoms with Gasteiger partial charge in [0.15, 0.2) is 0 Å². The van der Waals surface area contributed by atoms with Crippen molar-refractivity contribution in [3.05, 3.63) is 84.6 Å². The van der Waals surface area contributed by atoms with Crippen molar-refractivity contribution in [3.63, 3.8) is 0 Å². The predicted octanol–water partition coefficient (Wildman–Crippen LogP) is 5.37. The highest BCUT2D eigenvalue weighted by Gasteiger charge is 2.13. The molecule has 0 bridgehead atoms. The molecule has 4 rings (SSSR count). The molecule has 2 heterocycles. The third-order valence-corrected chi connectivity index (χ3v) is 4.46. The Morgan fingerprint density at radius 2 is 1.76 bits per heavy atom. The SMILES string of the molecule is CC/C=C(\C=C(/N)c1ccccc1)n1c2ccccc2c2[nH]ccc21. The largest absolute Gasteiger partial charge is 0.398 e. The minimum atomic E-state index is 0.766. The molecule has 124 valence electrons. The number of hydrogen-bond acceptors (Lipinski definition) is 1. The zero-order valence-electron chi connectivity index (χ0n) is 14.2. The highest BCUT2D eigenvalue weighted by molar-refractivity contribution is 6.08. The van der Waals surface area contributed by atoms with Gasteiger partial charge in [-0.05, 0) is 30.2 Å². The molecular weight excluding hydrogens is 306 g/mol. The topological polar surface area (TPSA) is 46.7 Å². The predicted molar refractivity (Wildman–Crippen MR) is 107 cm³/mol. The van der Waals surface area contributed by atoms with Crippen molar-refractivity contribution < 1.29 is 0 Å². The molecule has 2 aromatic heterocycles. The smallest absolute Gasteiger partial charge is 0.0720 e. The molecule has 2 aromatic carbocycles. The molecule has 0 unspecified atom stereocenters. The fourth-order valence-electron chi connectivity index (χ4n) is 3.35. The van der Waals surface area contributed by atoms with Gasteiger partial charge in [0, 0.05) is 23.0 Å². The van der Waals surface area contributed by atoms with E-state index in [4.69, 9.17) is 5.73 Å². The monoisotopic (exact) mass is 327 g/mol. The number of nitrogens with zero attached hydrogens (tertiary/aromatic N) is 1. The highest BCUT2D eigenvalue weighted by atomic mass is 15.0. The highest BCUT2D eigenvalue weighted by Crippen LogP contribution is 2.31. The summed E-state index contributed by atoms with van der Waals surface area (Å²) in [7, 11) is 0. The first-order valence-corrected chi connectivity index (χ1v) is 8.59. The standard InChI is InChI=1S/C22H21N3/c1-2-8-17(15-19(23)16-9-4-3-5-10-16)25-20-12-7-6-11-18(20)22-21(25)13-14-24-22/h3-15,24H,2,23H2,1H3/b17-8+,19-15-. The van der Waals surface area contributed by atoms with E-state index in [9.17, 15) is 0 Å². The molecule has 0 atom stereocenters. The van der Waals surface area contributed by atoms with E-state index >= 15 is 0 Å². The van der Waals surface area contributed by atoms with Crippen molar-refractivity contribution >= 4 is 33.3 Å². The second-order valence-corrected chi connectivity index (χ2v) is 6.09. The van der Waals surface area contributed by atoms with Crippen LogP contribution >= 0.6 is 0 Å². The molecule has 0 saturated heterocycles. The summed E-state index contributed by atoms with van der Waals surface area (Å²) >= 11 is 0. The number of nitrogens with two attached hydrogens (primary N) is 1. The lowest BCUT2D eigenvalue weighted by atomic mass is 10.1. The van der Waals surface area contributed by atoms with Crippen LogP contribution in [-0.2, 0) is 0 Å². The van der Waals surface area contributed by atoms with Crippen LogP contribution in [0.2, 0.25) is 0 Å². The van der Waals surface area contributed by atoms with Crippen molar-refractivity contribution in [1.29, 1.82) is 0 Å². The molecule has 0 aliphatic heterocycles. The molecule has 0 saturated carbocycles. The lowest BCUT2D eigenvalue weighted by molar-refractivity contribution is 1.17. The Morgan fingerprint density at radius 3 is 2.56 bits per heavy atom. The van der Waals surface area contributed by atoms with E-state index in [2.05, 4.69) is 59.0 Å². The fourth-order valence-corrected chi connectivity index (χ4v) is 3.35. The van der Waals surface area contributed by atoms with Crippen LogP contribution < -0.4 is 5.73 Å². The summed E-state index contributed by atoms with van der Waals surface area (Å²) in [5.41, 5.74) is 12.8. The summed E-state index contributed by atoms with van der Waals surface area (Å²) in [6.45, 7) is 2.15. The van der Waals surface area contributed by atoms with E-state index in [1.807, 2.05) is 36.5 Å². The number of H-pyrrole nitrogens is 1. The Morgan fingerprint density at radius 1 is 1.00 bits per heavy atom. The fraction of sp³-hybridized carbons (Fsp3) is 0.0909. The maximum Gasteiger partial charge on any atom is 0.0720 e. The Balaban J connectivity index is 1.94. The van der Waals surface area contributed by atoms with Crippen LogP contribution in [0.15, 0.2) is 79.0 Å². The van der Waals surface area contributed by atoms with Gasteiger partial charge < -0.3 is 15.3 Å². The number of para-hydroxylation sites is 1. The van der Waals surface area contributed by atoms with Gasteiger partial charge in [0.2, 0.25) is 0 Å². The van der Waals surface area contributed by atoms with Gasteiger partial charge in [0.1, 0.15) is 0 Å². The first kappa shape index (κ1) is 15.3. The van der Waals surface area contributed by atoms with E-state index in [0.29, 0.717) is 0 Å². The molecule has 3 nitrogen and oxygen atoms in total. The van der Waals surface area contributed by atoms with Crippen molar-refractivity contribution in [1.82, 2.24) is 9.55 Å². The van der Waals surface area contributed by atoms with Crippen LogP contribution in [0.5, 0.6) is 0 Å². The molecule has 4 aromatic rings. The number of allylic oxidation sites excluding steroid dienone is 3. The Kier molecular flexibility index (Phi) is 3.90. The van der Waals surface area contributed by atoms with Crippen LogP contribution in [0.1, 0.15) is 18.9 Å². The molecule has 0 radical (unpaired) electrons. The number of aromatic nitrogens is 2. The van der Waals surface area contributed by atoms with Gasteiger partial charge in [-0.3, -0.25) is 0 Å². The van der Waals surface area contributed by atoms with Crippen molar-refractivity contribution in [2.24, 2.45) is 5.73 Å². The number of rotatable bonds is 4. The second kappa shape index (κ2) is 6.36. The third-order valence-electron chi connectivity index (χ3n) is 4.46. The first-order chi connectivity index (χ1) is 12.3. The minimum Gasteiger partial charge on any atom is -0.398 e. The summed E-state index contributed by atoms with van der Waals surface area (Å²) in [5.74, 6) is 0. The number of aromatic amines is 1. The zero-order chi connectivity index (χ0) is 17.2. The van der Waals surface area contributed by atoms with E-state index in [-0.39, 0.29) is 0 Å². The van der Waals surface area contributed by atoms with Crippen molar-refractivity contribution in [3.8, 4) is 0 Å². The molecule has 0 amide bonds. The maximum absolute atomic E-state index is 6.39. The van der Waals surface area contributed by atoms with Crippen LogP contribution in [0, 0.1) is 0 Å². The van der Waals surface area contributed by atoms with Gasteiger partial charge in [-0.25, -0.2) is 0 Å². The number of hydrogen-bond donors (Lipinski definition) is 2. The summed E-state index contributed by atoms with van der Waals surface area (Å²) in [6, 6.07) is 20.7. The summed E-state index contributed by atoms with van der Waals surface area (Å²) in [5, 5.41) is 1.22. The normalized spacial score (nSPS) is 13.0. The van der Waals surface area contributed by atoms with E-state index in [0.717, 1.165) is 34.4 Å². The van der Waals surface area contributed by atoms with Gasteiger partial charge in [-0.15, -0.1) is 0 Å². The van der Waals surface area contributed by atoms with Crippen LogP contribution in [0.4, 0.5) is 0 Å². The molecule has 3 N–H and O–H groups in total. The van der Waals surface area contributed by atoms with Gasteiger partial charge in [-0.1, -0.05) is 61.5 Å². The molecule has 0 fully saturated rings. The van der Waals surface area contributed by atoms with Crippen LogP contribution in [0.3, 0.4) is 0 Å². The van der Waals surface area contributed by atoms with E-state index in [1.165, 1.54) is 10.9 Å². The number of benzene rings is 2. The molecule has 0 aliphatic carbocycles. The van der Waals surface area contributed by atoms with Crippen molar-refractivity contribution in [2.75, 3.05) is 0 Å².